The van der Waals surface area contributed by atoms with Gasteiger partial charge in [0.2, 0.25) is 10.0 Å². The number of para-hydroxylation sites is 1. The van der Waals surface area contributed by atoms with Crippen molar-refractivity contribution in [2.45, 2.75) is 18.4 Å². The highest BCUT2D eigenvalue weighted by atomic mass is 32.2. The lowest BCUT2D eigenvalue weighted by Crippen LogP contribution is -2.23. The zero-order valence-corrected chi connectivity index (χ0v) is 13.2. The minimum absolute atomic E-state index is 0.267. The molecule has 0 saturated carbocycles. The number of aromatic nitrogens is 1. The zero-order chi connectivity index (χ0) is 15.5. The minimum atomic E-state index is -3.47. The fourth-order valence-electron chi connectivity index (χ4n) is 1.92. The van der Waals surface area contributed by atoms with Gasteiger partial charge in [-0.15, -0.1) is 0 Å². The van der Waals surface area contributed by atoms with Crippen LogP contribution in [-0.4, -0.2) is 31.8 Å². The van der Waals surface area contributed by atoms with Crippen LogP contribution in [0.4, 0.5) is 5.69 Å². The van der Waals surface area contributed by atoms with Gasteiger partial charge in [-0.05, 0) is 30.7 Å². The molecule has 112 valence electrons. The molecule has 2 rings (SSSR count). The maximum atomic E-state index is 12.3. The van der Waals surface area contributed by atoms with E-state index in [0.29, 0.717) is 12.2 Å². The van der Waals surface area contributed by atoms with Crippen molar-refractivity contribution in [2.75, 3.05) is 19.4 Å². The van der Waals surface area contributed by atoms with Gasteiger partial charge in [-0.3, -0.25) is 4.98 Å². The van der Waals surface area contributed by atoms with Crippen LogP contribution in [0.2, 0.25) is 0 Å². The average molecular weight is 305 g/mol. The van der Waals surface area contributed by atoms with Gasteiger partial charge in [0.15, 0.2) is 0 Å². The summed E-state index contributed by atoms with van der Waals surface area (Å²) in [6, 6.07) is 10.7. The molecule has 1 aromatic heterocycles. The van der Waals surface area contributed by atoms with Gasteiger partial charge < -0.3 is 5.32 Å². The van der Waals surface area contributed by atoms with Crippen LogP contribution >= 0.6 is 0 Å². The molecule has 21 heavy (non-hydrogen) atoms. The molecule has 0 saturated heterocycles. The Bertz CT molecular complexity index is 727. The van der Waals surface area contributed by atoms with Crippen molar-refractivity contribution in [2.24, 2.45) is 0 Å². The molecule has 0 aliphatic heterocycles. The summed E-state index contributed by atoms with van der Waals surface area (Å²) < 4.78 is 25.8. The largest absolute Gasteiger partial charge is 0.378 e. The summed E-state index contributed by atoms with van der Waals surface area (Å²) in [5.41, 5.74) is 2.55. The molecule has 1 aromatic carbocycles. The predicted octanol–water partition coefficient (Wildman–Crippen LogP) is 2.25. The van der Waals surface area contributed by atoms with Crippen LogP contribution in [-0.2, 0) is 16.6 Å². The van der Waals surface area contributed by atoms with Crippen LogP contribution in [0.5, 0.6) is 0 Å². The Kier molecular flexibility index (Phi) is 4.59. The Labute approximate surface area is 125 Å². The van der Waals surface area contributed by atoms with Crippen molar-refractivity contribution in [3.63, 3.8) is 0 Å². The van der Waals surface area contributed by atoms with E-state index in [1.165, 1.54) is 18.4 Å². The Morgan fingerprint density at radius 2 is 1.86 bits per heavy atom. The average Bonchev–Trinajstić information content (AvgIpc) is 2.46. The van der Waals surface area contributed by atoms with E-state index in [0.717, 1.165) is 11.3 Å². The topological polar surface area (TPSA) is 62.3 Å². The number of rotatable bonds is 5. The molecule has 6 heteroatoms. The number of hydrogen-bond donors (Lipinski definition) is 1. The predicted molar refractivity (Wildman–Crippen MR) is 83.6 cm³/mol. The highest BCUT2D eigenvalue weighted by molar-refractivity contribution is 7.89. The van der Waals surface area contributed by atoms with E-state index in [9.17, 15) is 8.42 Å². The van der Waals surface area contributed by atoms with E-state index in [4.69, 9.17) is 0 Å². The number of nitrogens with zero attached hydrogens (tertiary/aromatic N) is 2. The van der Waals surface area contributed by atoms with E-state index in [1.54, 1.807) is 24.4 Å². The minimum Gasteiger partial charge on any atom is -0.378 e. The normalized spacial score (nSPS) is 11.6. The van der Waals surface area contributed by atoms with E-state index in [-0.39, 0.29) is 4.90 Å². The fraction of sp³-hybridized carbons (Fsp3) is 0.267. The Hall–Kier alpha value is -1.92. The number of anilines is 1. The number of sulfonamides is 1. The third-order valence-corrected chi connectivity index (χ3v) is 5.08. The van der Waals surface area contributed by atoms with Crippen LogP contribution < -0.4 is 5.32 Å². The van der Waals surface area contributed by atoms with Crippen molar-refractivity contribution >= 4 is 15.7 Å². The van der Waals surface area contributed by atoms with Gasteiger partial charge >= 0.3 is 0 Å². The molecular formula is C15H19N3O2S. The molecule has 0 bridgehead atoms. The summed E-state index contributed by atoms with van der Waals surface area (Å²) in [5, 5.41) is 3.16. The van der Waals surface area contributed by atoms with Crippen LogP contribution in [0.1, 0.15) is 11.3 Å². The quantitative estimate of drug-likeness (QED) is 0.920. The van der Waals surface area contributed by atoms with Crippen molar-refractivity contribution in [3.8, 4) is 0 Å². The van der Waals surface area contributed by atoms with Crippen LogP contribution in [0, 0.1) is 6.92 Å². The second-order valence-electron chi connectivity index (χ2n) is 4.90. The highest BCUT2D eigenvalue weighted by Gasteiger charge is 2.20. The Morgan fingerprint density at radius 3 is 2.52 bits per heavy atom. The number of pyridine rings is 1. The first-order valence-electron chi connectivity index (χ1n) is 6.59. The van der Waals surface area contributed by atoms with Gasteiger partial charge in [0, 0.05) is 20.3 Å². The third-order valence-electron chi connectivity index (χ3n) is 3.21. The van der Waals surface area contributed by atoms with Gasteiger partial charge in [-0.1, -0.05) is 18.2 Å². The number of nitrogens with one attached hydrogen (secondary N) is 1. The maximum absolute atomic E-state index is 12.3. The summed E-state index contributed by atoms with van der Waals surface area (Å²) in [5.74, 6) is 0. The lowest BCUT2D eigenvalue weighted by molar-refractivity contribution is 0.521. The first kappa shape index (κ1) is 15.5. The summed E-state index contributed by atoms with van der Waals surface area (Å²) >= 11 is 0. The summed E-state index contributed by atoms with van der Waals surface area (Å²) in [6.07, 6.45) is 1.73. The molecule has 0 unspecified atom stereocenters. The molecule has 0 aliphatic carbocycles. The number of aryl methyl sites for hydroxylation is 1. The summed E-state index contributed by atoms with van der Waals surface area (Å²) in [7, 11) is -0.426. The molecule has 1 N–H and O–H groups in total. The molecule has 2 aromatic rings. The monoisotopic (exact) mass is 305 g/mol. The van der Waals surface area contributed by atoms with Gasteiger partial charge in [0.05, 0.1) is 17.9 Å². The van der Waals surface area contributed by atoms with E-state index < -0.39 is 10.0 Å². The van der Waals surface area contributed by atoms with E-state index >= 15 is 0 Å². The highest BCUT2D eigenvalue weighted by Crippen LogP contribution is 2.23. The van der Waals surface area contributed by atoms with Gasteiger partial charge in [-0.2, -0.15) is 0 Å². The standard InChI is InChI=1S/C15H19N3O2S/c1-12-7-6-10-16-14(12)11-17-13-8-4-5-9-15(13)21(19,20)18(2)3/h4-10,17H,11H2,1-3H3. The van der Waals surface area contributed by atoms with E-state index in [2.05, 4.69) is 10.3 Å². The molecule has 0 fully saturated rings. The molecule has 0 atom stereocenters. The lowest BCUT2D eigenvalue weighted by Gasteiger charge is -2.16. The van der Waals surface area contributed by atoms with Gasteiger partial charge in [-0.25, -0.2) is 12.7 Å². The van der Waals surface area contributed by atoms with Crippen molar-refractivity contribution < 1.29 is 8.42 Å². The molecular weight excluding hydrogens is 286 g/mol. The maximum Gasteiger partial charge on any atom is 0.244 e. The van der Waals surface area contributed by atoms with Crippen molar-refractivity contribution in [1.82, 2.24) is 9.29 Å². The van der Waals surface area contributed by atoms with Gasteiger partial charge in [0.1, 0.15) is 4.90 Å². The van der Waals surface area contributed by atoms with Gasteiger partial charge in [0.25, 0.3) is 0 Å². The summed E-state index contributed by atoms with van der Waals surface area (Å²) in [4.78, 5) is 4.57. The van der Waals surface area contributed by atoms with Crippen LogP contribution in [0.15, 0.2) is 47.5 Å². The molecule has 5 nitrogen and oxygen atoms in total. The number of hydrogen-bond acceptors (Lipinski definition) is 4. The Balaban J connectivity index is 2.28. The molecule has 0 radical (unpaired) electrons. The first-order valence-corrected chi connectivity index (χ1v) is 8.03. The van der Waals surface area contributed by atoms with Crippen molar-refractivity contribution in [1.29, 1.82) is 0 Å². The third kappa shape index (κ3) is 3.40. The zero-order valence-electron chi connectivity index (χ0n) is 12.4. The SMILES string of the molecule is Cc1cccnc1CNc1ccccc1S(=O)(=O)N(C)C. The van der Waals surface area contributed by atoms with Crippen molar-refractivity contribution in [3.05, 3.63) is 53.9 Å². The smallest absolute Gasteiger partial charge is 0.244 e. The van der Waals surface area contributed by atoms with Crippen LogP contribution in [0.25, 0.3) is 0 Å². The van der Waals surface area contributed by atoms with E-state index in [1.807, 2.05) is 25.1 Å². The molecule has 1 heterocycles. The molecule has 0 amide bonds. The second kappa shape index (κ2) is 6.24. The number of benzene rings is 1. The van der Waals surface area contributed by atoms with Crippen LogP contribution in [0.3, 0.4) is 0 Å². The molecule has 0 aliphatic rings. The lowest BCUT2D eigenvalue weighted by atomic mass is 10.2. The second-order valence-corrected chi connectivity index (χ2v) is 7.02. The fourth-order valence-corrected chi connectivity index (χ4v) is 2.98. The summed E-state index contributed by atoms with van der Waals surface area (Å²) in [6.45, 7) is 2.46. The molecule has 0 spiro atoms. The first-order chi connectivity index (χ1) is 9.93. The Morgan fingerprint density at radius 1 is 1.14 bits per heavy atom.